The van der Waals surface area contributed by atoms with Crippen LogP contribution in [0.2, 0.25) is 0 Å². The van der Waals surface area contributed by atoms with Crippen LogP contribution in [0.4, 0.5) is 4.79 Å². The second kappa shape index (κ2) is 8.72. The first kappa shape index (κ1) is 18.3. The van der Waals surface area contributed by atoms with Crippen LogP contribution in [0.3, 0.4) is 0 Å². The Morgan fingerprint density at radius 1 is 1.19 bits per heavy atom. The van der Waals surface area contributed by atoms with Crippen molar-refractivity contribution in [2.24, 2.45) is 0 Å². The number of carbonyl (C=O) groups excluding carboxylic acids is 1. The van der Waals surface area contributed by atoms with Crippen molar-refractivity contribution in [3.05, 3.63) is 64.7 Å². The molecule has 3 rings (SSSR count). The molecular weight excluding hydrogens is 328 g/mol. The maximum atomic E-state index is 12.1. The molecule has 0 radical (unpaired) electrons. The summed E-state index contributed by atoms with van der Waals surface area (Å²) in [6.45, 7) is 3.25. The third-order valence-electron chi connectivity index (χ3n) is 4.61. The molecule has 1 heterocycles. The predicted molar refractivity (Wildman–Crippen MR) is 102 cm³/mol. The molecule has 0 aromatic heterocycles. The van der Waals surface area contributed by atoms with Gasteiger partial charge < -0.3 is 20.5 Å². The summed E-state index contributed by atoms with van der Waals surface area (Å²) in [5, 5.41) is 15.2. The van der Waals surface area contributed by atoms with Crippen molar-refractivity contribution in [2.75, 3.05) is 19.8 Å². The summed E-state index contributed by atoms with van der Waals surface area (Å²) in [4.78, 5) is 12.1. The van der Waals surface area contributed by atoms with Crippen molar-refractivity contribution >= 4 is 6.03 Å². The molecule has 0 bridgehead atoms. The number of amides is 2. The molecule has 0 aliphatic carbocycles. The highest BCUT2D eigenvalue weighted by Crippen LogP contribution is 2.25. The molecule has 1 atom stereocenters. The molecule has 1 aliphatic heterocycles. The van der Waals surface area contributed by atoms with Gasteiger partial charge in [-0.25, -0.2) is 4.79 Å². The van der Waals surface area contributed by atoms with E-state index in [9.17, 15) is 9.90 Å². The first-order valence-electron chi connectivity index (χ1n) is 9.09. The number of hydrogen-bond donors (Lipinski definition) is 3. The van der Waals surface area contributed by atoms with Crippen molar-refractivity contribution in [1.82, 2.24) is 10.6 Å². The van der Waals surface area contributed by atoms with E-state index in [-0.39, 0.29) is 18.7 Å². The summed E-state index contributed by atoms with van der Waals surface area (Å²) in [7, 11) is 0. The molecule has 26 heavy (non-hydrogen) atoms. The molecule has 0 spiro atoms. The minimum Gasteiger partial charge on any atom is -0.493 e. The zero-order valence-corrected chi connectivity index (χ0v) is 15.1. The second-order valence-corrected chi connectivity index (χ2v) is 6.76. The quantitative estimate of drug-likeness (QED) is 0.715. The van der Waals surface area contributed by atoms with Crippen molar-refractivity contribution in [3.63, 3.8) is 0 Å². The Kier molecular flexibility index (Phi) is 6.12. The van der Waals surface area contributed by atoms with Gasteiger partial charge in [-0.05, 0) is 42.5 Å². The van der Waals surface area contributed by atoms with E-state index in [4.69, 9.17) is 4.74 Å². The number of fused-ring (bicyclic) bond motifs is 1. The number of ether oxygens (including phenoxy) is 1. The minimum absolute atomic E-state index is 0.0912. The average molecular weight is 354 g/mol. The molecule has 2 aromatic rings. The van der Waals surface area contributed by atoms with Crippen LogP contribution in [0.25, 0.3) is 0 Å². The highest BCUT2D eigenvalue weighted by Gasteiger charge is 2.13. The van der Waals surface area contributed by atoms with Gasteiger partial charge in [0.25, 0.3) is 0 Å². The Labute approximate surface area is 154 Å². The summed E-state index contributed by atoms with van der Waals surface area (Å²) in [5.41, 5.74) is 4.71. The van der Waals surface area contributed by atoms with Gasteiger partial charge in [0, 0.05) is 13.0 Å². The van der Waals surface area contributed by atoms with E-state index in [2.05, 4.69) is 16.7 Å². The van der Waals surface area contributed by atoms with Crippen molar-refractivity contribution < 1.29 is 14.6 Å². The number of nitrogens with one attached hydrogen (secondary N) is 2. The number of benzene rings is 2. The fraction of sp³-hybridized carbons (Fsp3) is 0.381. The zero-order chi connectivity index (χ0) is 18.4. The van der Waals surface area contributed by atoms with Gasteiger partial charge in [0.2, 0.25) is 0 Å². The van der Waals surface area contributed by atoms with Crippen molar-refractivity contribution in [2.45, 2.75) is 32.2 Å². The molecule has 1 aliphatic rings. The number of carbonyl (C=O) groups is 1. The van der Waals surface area contributed by atoms with Gasteiger partial charge in [-0.3, -0.25) is 0 Å². The van der Waals surface area contributed by atoms with Crippen molar-refractivity contribution in [1.29, 1.82) is 0 Å². The van der Waals surface area contributed by atoms with Gasteiger partial charge in [-0.15, -0.1) is 0 Å². The van der Waals surface area contributed by atoms with E-state index < -0.39 is 0 Å². The Morgan fingerprint density at radius 3 is 2.73 bits per heavy atom. The maximum Gasteiger partial charge on any atom is 0.315 e. The van der Waals surface area contributed by atoms with Crippen molar-refractivity contribution in [3.8, 4) is 5.75 Å². The Morgan fingerprint density at radius 2 is 1.96 bits per heavy atom. The fourth-order valence-electron chi connectivity index (χ4n) is 3.12. The topological polar surface area (TPSA) is 70.6 Å². The summed E-state index contributed by atoms with van der Waals surface area (Å²) >= 11 is 0. The van der Waals surface area contributed by atoms with Crippen LogP contribution in [0.1, 0.15) is 22.3 Å². The van der Waals surface area contributed by atoms with Gasteiger partial charge in [0.1, 0.15) is 5.75 Å². The van der Waals surface area contributed by atoms with Crippen LogP contribution in [0, 0.1) is 6.92 Å². The van der Waals surface area contributed by atoms with Crippen LogP contribution < -0.4 is 15.4 Å². The Bertz CT molecular complexity index is 743. The lowest BCUT2D eigenvalue weighted by atomic mass is 10.1. The summed E-state index contributed by atoms with van der Waals surface area (Å²) in [5.74, 6) is 0.973. The lowest BCUT2D eigenvalue weighted by Gasteiger charge is -2.17. The predicted octanol–water partition coefficient (Wildman–Crippen LogP) is 2.38. The van der Waals surface area contributed by atoms with Crippen LogP contribution in [0.15, 0.2) is 42.5 Å². The Hall–Kier alpha value is -2.53. The lowest BCUT2D eigenvalue weighted by molar-refractivity contribution is 0.216. The first-order chi connectivity index (χ1) is 12.6. The molecule has 138 valence electrons. The van der Waals surface area contributed by atoms with E-state index in [0.29, 0.717) is 13.0 Å². The fourth-order valence-corrected chi connectivity index (χ4v) is 3.12. The molecule has 3 N–H and O–H groups in total. The SMILES string of the molecule is Cc1ccc(CC(CO)NC(=O)NCCc2ccc3c(c2)CCO3)cc1. The van der Waals surface area contributed by atoms with Gasteiger partial charge in [-0.2, -0.15) is 0 Å². The van der Waals surface area contributed by atoms with Crippen LogP contribution in [-0.2, 0) is 19.3 Å². The monoisotopic (exact) mass is 354 g/mol. The van der Waals surface area contributed by atoms with Crippen LogP contribution >= 0.6 is 0 Å². The number of aliphatic hydroxyl groups excluding tert-OH is 1. The number of hydrogen-bond acceptors (Lipinski definition) is 3. The Balaban J connectivity index is 1.43. The summed E-state index contributed by atoms with van der Waals surface area (Å²) < 4.78 is 5.50. The zero-order valence-electron chi connectivity index (χ0n) is 15.1. The van der Waals surface area contributed by atoms with Gasteiger partial charge in [0.15, 0.2) is 0 Å². The number of aryl methyl sites for hydroxylation is 1. The first-order valence-corrected chi connectivity index (χ1v) is 9.09. The average Bonchev–Trinajstić information content (AvgIpc) is 3.11. The third kappa shape index (κ3) is 4.99. The van der Waals surface area contributed by atoms with Gasteiger partial charge in [-0.1, -0.05) is 42.0 Å². The maximum absolute atomic E-state index is 12.1. The molecule has 2 aromatic carbocycles. The minimum atomic E-state index is -0.296. The largest absolute Gasteiger partial charge is 0.493 e. The molecule has 1 unspecified atom stereocenters. The molecule has 2 amide bonds. The van der Waals surface area contributed by atoms with Gasteiger partial charge >= 0.3 is 6.03 Å². The number of urea groups is 1. The molecule has 0 saturated carbocycles. The van der Waals surface area contributed by atoms with E-state index in [1.54, 1.807) is 0 Å². The van der Waals surface area contributed by atoms with E-state index in [1.807, 2.05) is 43.3 Å². The van der Waals surface area contributed by atoms with E-state index in [0.717, 1.165) is 30.8 Å². The van der Waals surface area contributed by atoms with E-state index in [1.165, 1.54) is 16.7 Å². The molecular formula is C21H26N2O3. The normalized spacial score (nSPS) is 13.6. The molecule has 0 fully saturated rings. The summed E-state index contributed by atoms with van der Waals surface area (Å²) in [6, 6.07) is 13.8. The highest BCUT2D eigenvalue weighted by molar-refractivity contribution is 5.74. The lowest BCUT2D eigenvalue weighted by Crippen LogP contribution is -2.45. The molecule has 5 heteroatoms. The molecule has 0 saturated heterocycles. The number of rotatable bonds is 7. The third-order valence-corrected chi connectivity index (χ3v) is 4.61. The second-order valence-electron chi connectivity index (χ2n) is 6.76. The van der Waals surface area contributed by atoms with Crippen LogP contribution in [0.5, 0.6) is 5.75 Å². The van der Waals surface area contributed by atoms with Crippen LogP contribution in [-0.4, -0.2) is 36.9 Å². The summed E-state index contributed by atoms with van der Waals surface area (Å²) in [6.07, 6.45) is 2.33. The standard InChI is InChI=1S/C21H26N2O3/c1-15-2-4-16(5-3-15)13-19(14-24)23-21(25)22-10-8-17-6-7-20-18(12-17)9-11-26-20/h2-7,12,19,24H,8-11,13-14H2,1H3,(H2,22,23,25). The number of aliphatic hydroxyl groups is 1. The van der Waals surface area contributed by atoms with E-state index >= 15 is 0 Å². The smallest absolute Gasteiger partial charge is 0.315 e. The molecule has 5 nitrogen and oxygen atoms in total. The van der Waals surface area contributed by atoms with Gasteiger partial charge in [0.05, 0.1) is 19.3 Å². The highest BCUT2D eigenvalue weighted by atomic mass is 16.5.